The lowest BCUT2D eigenvalue weighted by molar-refractivity contribution is -0.150. The molecule has 0 aromatic heterocycles. The minimum absolute atomic E-state index is 0.0270. The molecule has 3 rings (SSSR count). The van der Waals surface area contributed by atoms with E-state index in [1.54, 1.807) is 0 Å². The number of methoxy groups -OCH3 is 1. The van der Waals surface area contributed by atoms with Crippen molar-refractivity contribution < 1.29 is 9.53 Å². The SMILES string of the molecule is COC(=O)[C@H]1C(c2ccc(C)c(C)c2)C[C@H]2CCC1N2C. The Morgan fingerprint density at radius 3 is 2.67 bits per heavy atom. The van der Waals surface area contributed by atoms with Gasteiger partial charge in [0.2, 0.25) is 0 Å². The van der Waals surface area contributed by atoms with Gasteiger partial charge < -0.3 is 4.74 Å². The van der Waals surface area contributed by atoms with Crippen LogP contribution in [0.4, 0.5) is 0 Å². The number of ether oxygens (including phenoxy) is 1. The van der Waals surface area contributed by atoms with Crippen molar-refractivity contribution >= 4 is 5.97 Å². The summed E-state index contributed by atoms with van der Waals surface area (Å²) in [7, 11) is 3.68. The van der Waals surface area contributed by atoms with Crippen molar-refractivity contribution in [2.24, 2.45) is 5.92 Å². The van der Waals surface area contributed by atoms with E-state index in [0.717, 1.165) is 12.8 Å². The zero-order valence-corrected chi connectivity index (χ0v) is 13.4. The zero-order chi connectivity index (χ0) is 15.1. The number of carbonyl (C=O) groups is 1. The number of rotatable bonds is 2. The lowest BCUT2D eigenvalue weighted by Crippen LogP contribution is -2.49. The van der Waals surface area contributed by atoms with E-state index in [2.05, 4.69) is 44.0 Å². The largest absolute Gasteiger partial charge is 0.469 e. The van der Waals surface area contributed by atoms with Crippen LogP contribution in [-0.4, -0.2) is 37.1 Å². The second-order valence-electron chi connectivity index (χ2n) is 6.70. The minimum Gasteiger partial charge on any atom is -0.469 e. The second kappa shape index (κ2) is 5.45. The van der Waals surface area contributed by atoms with Crippen molar-refractivity contribution in [2.45, 2.75) is 51.1 Å². The Kier molecular flexibility index (Phi) is 3.78. The molecule has 1 aromatic carbocycles. The van der Waals surface area contributed by atoms with Crippen LogP contribution in [0.1, 0.15) is 41.9 Å². The Balaban J connectivity index is 1.98. The number of hydrogen-bond acceptors (Lipinski definition) is 3. The summed E-state index contributed by atoms with van der Waals surface area (Å²) < 4.78 is 5.13. The molecule has 0 saturated carbocycles. The van der Waals surface area contributed by atoms with E-state index in [1.165, 1.54) is 30.2 Å². The number of benzene rings is 1. The van der Waals surface area contributed by atoms with Crippen LogP contribution in [0.2, 0.25) is 0 Å². The normalized spacial score (nSPS) is 32.2. The summed E-state index contributed by atoms with van der Waals surface area (Å²) in [6.07, 6.45) is 3.38. The van der Waals surface area contributed by atoms with Gasteiger partial charge in [0.25, 0.3) is 0 Å². The Labute approximate surface area is 127 Å². The van der Waals surface area contributed by atoms with Crippen LogP contribution in [0.15, 0.2) is 18.2 Å². The smallest absolute Gasteiger partial charge is 0.310 e. The molecule has 0 radical (unpaired) electrons. The van der Waals surface area contributed by atoms with Gasteiger partial charge in [0.05, 0.1) is 13.0 Å². The highest BCUT2D eigenvalue weighted by Gasteiger charge is 2.49. The number of piperidine rings is 1. The second-order valence-corrected chi connectivity index (χ2v) is 6.70. The first kappa shape index (κ1) is 14.6. The third-order valence-electron chi connectivity index (χ3n) is 5.70. The Bertz CT molecular complexity index is 554. The van der Waals surface area contributed by atoms with Crippen LogP contribution in [0.25, 0.3) is 0 Å². The highest BCUT2D eigenvalue weighted by atomic mass is 16.5. The van der Waals surface area contributed by atoms with Gasteiger partial charge >= 0.3 is 5.97 Å². The van der Waals surface area contributed by atoms with E-state index >= 15 is 0 Å². The van der Waals surface area contributed by atoms with Crippen molar-refractivity contribution in [1.29, 1.82) is 0 Å². The molecule has 1 aromatic rings. The van der Waals surface area contributed by atoms with E-state index in [4.69, 9.17) is 4.74 Å². The van der Waals surface area contributed by atoms with Gasteiger partial charge in [0.15, 0.2) is 0 Å². The molecule has 21 heavy (non-hydrogen) atoms. The van der Waals surface area contributed by atoms with Gasteiger partial charge in [-0.15, -0.1) is 0 Å². The number of carbonyl (C=O) groups excluding carboxylic acids is 1. The first-order valence-corrected chi connectivity index (χ1v) is 7.90. The van der Waals surface area contributed by atoms with Crippen molar-refractivity contribution in [1.82, 2.24) is 4.90 Å². The molecular formula is C18H25NO2. The van der Waals surface area contributed by atoms with Crippen LogP contribution in [0.5, 0.6) is 0 Å². The third-order valence-corrected chi connectivity index (χ3v) is 5.70. The highest BCUT2D eigenvalue weighted by molar-refractivity contribution is 5.75. The number of aryl methyl sites for hydroxylation is 2. The van der Waals surface area contributed by atoms with Crippen molar-refractivity contribution in [3.05, 3.63) is 34.9 Å². The molecule has 4 atom stereocenters. The number of nitrogens with zero attached hydrogens (tertiary/aromatic N) is 1. The topological polar surface area (TPSA) is 29.5 Å². The van der Waals surface area contributed by atoms with Gasteiger partial charge in [-0.3, -0.25) is 9.69 Å². The van der Waals surface area contributed by atoms with Gasteiger partial charge in [-0.25, -0.2) is 0 Å². The van der Waals surface area contributed by atoms with Gasteiger partial charge in [-0.1, -0.05) is 18.2 Å². The van der Waals surface area contributed by atoms with Gasteiger partial charge in [0, 0.05) is 18.0 Å². The molecule has 0 spiro atoms. The molecule has 2 unspecified atom stereocenters. The lowest BCUT2D eigenvalue weighted by Gasteiger charge is -2.41. The third kappa shape index (κ3) is 2.38. The van der Waals surface area contributed by atoms with Crippen LogP contribution >= 0.6 is 0 Å². The quantitative estimate of drug-likeness (QED) is 0.783. The van der Waals surface area contributed by atoms with Crippen LogP contribution in [-0.2, 0) is 9.53 Å². The van der Waals surface area contributed by atoms with Crippen LogP contribution < -0.4 is 0 Å². The molecule has 2 saturated heterocycles. The van der Waals surface area contributed by atoms with Crippen molar-refractivity contribution in [3.8, 4) is 0 Å². The Hall–Kier alpha value is -1.35. The Morgan fingerprint density at radius 2 is 2.00 bits per heavy atom. The summed E-state index contributed by atoms with van der Waals surface area (Å²) in [5.41, 5.74) is 3.92. The average Bonchev–Trinajstić information content (AvgIpc) is 2.72. The van der Waals surface area contributed by atoms with Gasteiger partial charge in [-0.2, -0.15) is 0 Å². The maximum absolute atomic E-state index is 12.4. The molecule has 2 heterocycles. The maximum atomic E-state index is 12.4. The van der Waals surface area contributed by atoms with E-state index in [9.17, 15) is 4.79 Å². The predicted octanol–water partition coefficient (Wildman–Crippen LogP) is 3.04. The monoisotopic (exact) mass is 287 g/mol. The molecule has 2 fully saturated rings. The predicted molar refractivity (Wildman–Crippen MR) is 83.4 cm³/mol. The average molecular weight is 287 g/mol. The number of hydrogen-bond donors (Lipinski definition) is 0. The van der Waals surface area contributed by atoms with Crippen molar-refractivity contribution in [3.63, 3.8) is 0 Å². The summed E-state index contributed by atoms with van der Waals surface area (Å²) in [5, 5.41) is 0. The van der Waals surface area contributed by atoms with E-state index in [-0.39, 0.29) is 11.9 Å². The molecular weight excluding hydrogens is 262 g/mol. The molecule has 2 aliphatic heterocycles. The molecule has 0 amide bonds. The summed E-state index contributed by atoms with van der Waals surface area (Å²) in [4.78, 5) is 14.8. The zero-order valence-electron chi connectivity index (χ0n) is 13.4. The molecule has 0 aliphatic carbocycles. The number of esters is 1. The first-order valence-electron chi connectivity index (χ1n) is 7.90. The lowest BCUT2D eigenvalue weighted by atomic mass is 9.75. The molecule has 114 valence electrons. The van der Waals surface area contributed by atoms with E-state index < -0.39 is 0 Å². The molecule has 3 heteroatoms. The summed E-state index contributed by atoms with van der Waals surface area (Å²) in [6.45, 7) is 4.28. The molecule has 2 bridgehead atoms. The molecule has 0 N–H and O–H groups in total. The summed E-state index contributed by atoms with van der Waals surface area (Å²) in [6, 6.07) is 7.60. The maximum Gasteiger partial charge on any atom is 0.310 e. The summed E-state index contributed by atoms with van der Waals surface area (Å²) >= 11 is 0. The summed E-state index contributed by atoms with van der Waals surface area (Å²) in [5.74, 6) is 0.224. The van der Waals surface area contributed by atoms with Crippen molar-refractivity contribution in [2.75, 3.05) is 14.2 Å². The standard InChI is InChI=1S/C18H25NO2/c1-11-5-6-13(9-12(11)2)15-10-14-7-8-16(19(14)3)17(15)18(20)21-4/h5-6,9,14-17H,7-8,10H2,1-4H3/t14-,15?,16?,17+/m1/s1. The van der Waals surface area contributed by atoms with E-state index in [0.29, 0.717) is 18.0 Å². The van der Waals surface area contributed by atoms with Gasteiger partial charge in [-0.05, 0) is 56.8 Å². The fourth-order valence-corrected chi connectivity index (χ4v) is 4.26. The first-order chi connectivity index (χ1) is 10.0. The van der Waals surface area contributed by atoms with Gasteiger partial charge in [0.1, 0.15) is 0 Å². The molecule has 2 aliphatic rings. The minimum atomic E-state index is -0.0459. The van der Waals surface area contributed by atoms with Crippen LogP contribution in [0.3, 0.4) is 0 Å². The van der Waals surface area contributed by atoms with E-state index in [1.807, 2.05) is 0 Å². The number of fused-ring (bicyclic) bond motifs is 2. The molecule has 3 nitrogen and oxygen atoms in total. The highest BCUT2D eigenvalue weighted by Crippen LogP contribution is 2.46. The fraction of sp³-hybridized carbons (Fsp3) is 0.611. The van der Waals surface area contributed by atoms with Crippen LogP contribution in [0, 0.1) is 19.8 Å². The fourth-order valence-electron chi connectivity index (χ4n) is 4.26. The Morgan fingerprint density at radius 1 is 1.24 bits per heavy atom.